The Bertz CT molecular complexity index is 648. The molecule has 1 fully saturated rings. The Labute approximate surface area is 142 Å². The number of hydrogen-bond acceptors (Lipinski definition) is 4. The number of aromatic amines is 1. The molecule has 0 spiro atoms. The molecule has 1 amide bonds. The first-order valence-corrected chi connectivity index (χ1v) is 8.49. The van der Waals surface area contributed by atoms with Crippen molar-refractivity contribution in [3.05, 3.63) is 36.2 Å². The van der Waals surface area contributed by atoms with E-state index in [1.807, 2.05) is 35.2 Å². The third-order valence-corrected chi connectivity index (χ3v) is 4.53. The molecule has 2 aromatic rings. The van der Waals surface area contributed by atoms with Gasteiger partial charge < -0.3 is 9.64 Å². The molecular formula is C18H24N4O2. The molecule has 1 saturated heterocycles. The Balaban J connectivity index is 1.50. The van der Waals surface area contributed by atoms with Gasteiger partial charge in [0.15, 0.2) is 5.82 Å². The van der Waals surface area contributed by atoms with E-state index in [0.29, 0.717) is 18.9 Å². The van der Waals surface area contributed by atoms with E-state index in [1.165, 1.54) is 0 Å². The molecule has 1 N–H and O–H groups in total. The lowest BCUT2D eigenvalue weighted by Crippen LogP contribution is -2.39. The van der Waals surface area contributed by atoms with Crippen LogP contribution in [0.5, 0.6) is 0 Å². The summed E-state index contributed by atoms with van der Waals surface area (Å²) in [6.45, 7) is 2.15. The number of benzene rings is 1. The van der Waals surface area contributed by atoms with Gasteiger partial charge in [0.2, 0.25) is 5.91 Å². The lowest BCUT2D eigenvalue weighted by atomic mass is 9.93. The van der Waals surface area contributed by atoms with E-state index in [4.69, 9.17) is 4.74 Å². The van der Waals surface area contributed by atoms with Gasteiger partial charge in [0.05, 0.1) is 13.0 Å². The van der Waals surface area contributed by atoms with Gasteiger partial charge in [0.25, 0.3) is 0 Å². The maximum absolute atomic E-state index is 12.0. The lowest BCUT2D eigenvalue weighted by molar-refractivity contribution is -0.133. The Morgan fingerprint density at radius 1 is 1.29 bits per heavy atom. The molecular weight excluding hydrogens is 304 g/mol. The molecule has 6 nitrogen and oxygen atoms in total. The largest absolute Gasteiger partial charge is 0.384 e. The quantitative estimate of drug-likeness (QED) is 0.883. The standard InChI is InChI=1S/C18H24N4O2/c1-24-12-9-17(23)22-10-7-14(8-11-22)13-16-19-18(21-20-16)15-5-3-2-4-6-15/h2-6,14H,7-13H2,1H3,(H,19,20,21). The molecule has 6 heteroatoms. The highest BCUT2D eigenvalue weighted by Gasteiger charge is 2.23. The van der Waals surface area contributed by atoms with E-state index in [0.717, 1.165) is 49.6 Å². The molecule has 1 aromatic heterocycles. The van der Waals surface area contributed by atoms with E-state index in [2.05, 4.69) is 15.2 Å². The smallest absolute Gasteiger partial charge is 0.224 e. The normalized spacial score (nSPS) is 15.6. The summed E-state index contributed by atoms with van der Waals surface area (Å²) in [7, 11) is 1.63. The van der Waals surface area contributed by atoms with Crippen molar-refractivity contribution < 1.29 is 9.53 Å². The van der Waals surface area contributed by atoms with Gasteiger partial charge >= 0.3 is 0 Å². The van der Waals surface area contributed by atoms with Crippen molar-refractivity contribution in [1.82, 2.24) is 20.1 Å². The number of carbonyl (C=O) groups is 1. The van der Waals surface area contributed by atoms with Crippen molar-refractivity contribution in [1.29, 1.82) is 0 Å². The fourth-order valence-electron chi connectivity index (χ4n) is 3.11. The van der Waals surface area contributed by atoms with Crippen LogP contribution in [0.1, 0.15) is 25.1 Å². The van der Waals surface area contributed by atoms with Gasteiger partial charge in [-0.3, -0.25) is 9.89 Å². The number of rotatable bonds is 6. The second-order valence-corrected chi connectivity index (χ2v) is 6.24. The molecule has 0 bridgehead atoms. The van der Waals surface area contributed by atoms with Crippen LogP contribution in [0.3, 0.4) is 0 Å². The maximum atomic E-state index is 12.0. The van der Waals surface area contributed by atoms with Crippen LogP contribution in [0.15, 0.2) is 30.3 Å². The van der Waals surface area contributed by atoms with Crippen molar-refractivity contribution in [2.45, 2.75) is 25.7 Å². The molecule has 1 aromatic carbocycles. The first-order valence-electron chi connectivity index (χ1n) is 8.49. The zero-order valence-electron chi connectivity index (χ0n) is 14.1. The molecule has 2 heterocycles. The third-order valence-electron chi connectivity index (χ3n) is 4.53. The SMILES string of the molecule is COCCC(=O)N1CCC(Cc2nc(-c3ccccc3)n[nH]2)CC1. The van der Waals surface area contributed by atoms with E-state index >= 15 is 0 Å². The fourth-order valence-corrected chi connectivity index (χ4v) is 3.11. The summed E-state index contributed by atoms with van der Waals surface area (Å²) in [4.78, 5) is 18.6. The summed E-state index contributed by atoms with van der Waals surface area (Å²) in [5, 5.41) is 7.37. The average Bonchev–Trinajstić information content (AvgIpc) is 3.09. The molecule has 0 unspecified atom stereocenters. The van der Waals surface area contributed by atoms with E-state index in [1.54, 1.807) is 7.11 Å². The van der Waals surface area contributed by atoms with Crippen molar-refractivity contribution >= 4 is 5.91 Å². The van der Waals surface area contributed by atoms with Crippen LogP contribution in [0.25, 0.3) is 11.4 Å². The first kappa shape index (κ1) is 16.6. The van der Waals surface area contributed by atoms with Gasteiger partial charge in [-0.05, 0) is 18.8 Å². The molecule has 0 aliphatic carbocycles. The minimum Gasteiger partial charge on any atom is -0.384 e. The number of aromatic nitrogens is 3. The van der Waals surface area contributed by atoms with Gasteiger partial charge in [-0.2, -0.15) is 5.10 Å². The van der Waals surface area contributed by atoms with Crippen LogP contribution in [-0.2, 0) is 16.0 Å². The second-order valence-electron chi connectivity index (χ2n) is 6.24. The summed E-state index contributed by atoms with van der Waals surface area (Å²) in [6.07, 6.45) is 3.39. The molecule has 1 aliphatic rings. The minimum absolute atomic E-state index is 0.196. The number of carbonyl (C=O) groups excluding carboxylic acids is 1. The molecule has 0 saturated carbocycles. The van der Waals surface area contributed by atoms with E-state index in [-0.39, 0.29) is 5.91 Å². The number of nitrogens with zero attached hydrogens (tertiary/aromatic N) is 3. The van der Waals surface area contributed by atoms with E-state index < -0.39 is 0 Å². The Morgan fingerprint density at radius 2 is 2.04 bits per heavy atom. The topological polar surface area (TPSA) is 71.1 Å². The van der Waals surface area contributed by atoms with Crippen molar-refractivity contribution in [2.75, 3.05) is 26.8 Å². The number of likely N-dealkylation sites (tertiary alicyclic amines) is 1. The van der Waals surface area contributed by atoms with Gasteiger partial charge in [-0.1, -0.05) is 30.3 Å². The van der Waals surface area contributed by atoms with Crippen LogP contribution in [0.4, 0.5) is 0 Å². The minimum atomic E-state index is 0.196. The number of H-pyrrole nitrogens is 1. The summed E-state index contributed by atoms with van der Waals surface area (Å²) in [5.41, 5.74) is 1.03. The average molecular weight is 328 g/mol. The number of piperidine rings is 1. The van der Waals surface area contributed by atoms with Crippen LogP contribution < -0.4 is 0 Å². The first-order chi connectivity index (χ1) is 11.8. The predicted molar refractivity (Wildman–Crippen MR) is 91.3 cm³/mol. The van der Waals surface area contributed by atoms with Crippen LogP contribution >= 0.6 is 0 Å². The summed E-state index contributed by atoms with van der Waals surface area (Å²) in [6, 6.07) is 9.98. The highest BCUT2D eigenvalue weighted by atomic mass is 16.5. The van der Waals surface area contributed by atoms with E-state index in [9.17, 15) is 4.79 Å². The summed E-state index contributed by atoms with van der Waals surface area (Å²) < 4.78 is 4.98. The lowest BCUT2D eigenvalue weighted by Gasteiger charge is -2.31. The predicted octanol–water partition coefficient (Wildman–Crippen LogP) is 2.29. The Hall–Kier alpha value is -2.21. The van der Waals surface area contributed by atoms with Gasteiger partial charge in [-0.15, -0.1) is 0 Å². The molecule has 0 radical (unpaired) electrons. The van der Waals surface area contributed by atoms with Gasteiger partial charge in [0, 0.05) is 32.2 Å². The zero-order valence-corrected chi connectivity index (χ0v) is 14.1. The molecule has 24 heavy (non-hydrogen) atoms. The maximum Gasteiger partial charge on any atom is 0.224 e. The number of ether oxygens (including phenoxy) is 1. The molecule has 1 aliphatic heterocycles. The van der Waals surface area contributed by atoms with Crippen molar-refractivity contribution in [3.8, 4) is 11.4 Å². The molecule has 0 atom stereocenters. The number of hydrogen-bond donors (Lipinski definition) is 1. The van der Waals surface area contributed by atoms with Gasteiger partial charge in [-0.25, -0.2) is 4.98 Å². The second kappa shape index (κ2) is 8.06. The van der Waals surface area contributed by atoms with Crippen LogP contribution in [-0.4, -0.2) is 52.8 Å². The highest BCUT2D eigenvalue weighted by Crippen LogP contribution is 2.22. The fraction of sp³-hybridized carbons (Fsp3) is 0.500. The molecule has 3 rings (SSSR count). The van der Waals surface area contributed by atoms with Crippen LogP contribution in [0, 0.1) is 5.92 Å². The number of methoxy groups -OCH3 is 1. The zero-order chi connectivity index (χ0) is 16.8. The Kier molecular flexibility index (Phi) is 5.59. The monoisotopic (exact) mass is 328 g/mol. The van der Waals surface area contributed by atoms with Crippen molar-refractivity contribution in [2.24, 2.45) is 5.92 Å². The third kappa shape index (κ3) is 4.20. The molecule has 128 valence electrons. The number of amides is 1. The number of nitrogens with one attached hydrogen (secondary N) is 1. The van der Waals surface area contributed by atoms with Crippen molar-refractivity contribution in [3.63, 3.8) is 0 Å². The Morgan fingerprint density at radius 3 is 2.75 bits per heavy atom. The summed E-state index contributed by atoms with van der Waals surface area (Å²) >= 11 is 0. The summed E-state index contributed by atoms with van der Waals surface area (Å²) in [5.74, 6) is 2.42. The van der Waals surface area contributed by atoms with Crippen LogP contribution in [0.2, 0.25) is 0 Å². The van der Waals surface area contributed by atoms with Gasteiger partial charge in [0.1, 0.15) is 5.82 Å². The highest BCUT2D eigenvalue weighted by molar-refractivity contribution is 5.76.